The molecule has 1 N–H and O–H groups in total. The number of aromatic nitrogens is 4. The number of nitrogens with one attached hydrogen (secondary N) is 1. The smallest absolute Gasteiger partial charge is 0.0436 e. The fourth-order valence-corrected chi connectivity index (χ4v) is 8.01. The van der Waals surface area contributed by atoms with Crippen molar-refractivity contribution in [3.05, 3.63) is 158 Å². The topological polar surface area (TPSA) is 55.6 Å². The Hall–Kier alpha value is -4.90. The van der Waals surface area contributed by atoms with E-state index in [2.05, 4.69) is 97.6 Å². The van der Waals surface area contributed by atoms with Crippen LogP contribution in [-0.2, 0) is 20.1 Å². The van der Waals surface area contributed by atoms with Crippen molar-refractivity contribution in [1.82, 2.24) is 19.5 Å². The van der Waals surface area contributed by atoms with Gasteiger partial charge >= 0.3 is 124 Å². The molecule has 0 fully saturated rings. The van der Waals surface area contributed by atoms with Crippen LogP contribution in [0.1, 0.15) is 0 Å². The molecular weight excluding hydrogens is 810 g/mol. The summed E-state index contributed by atoms with van der Waals surface area (Å²) >= 11 is 0.280. The standard InChI is InChI=1S/C22H14N3.C17H11N2Se.Ir/c1-2-10-21-17(6-1)18-7-5-8-19(20-9-3-4-13-24-20)22(18)25(21)16-11-14-23-15-12-16;1-2-10-16-14(8-1)19-15-9-5-6-12(17(15)20-16)13-7-3-4-11-18-13;/h1-7,9-15H;1-5,7-11,19H;/q2*-1;. The van der Waals surface area contributed by atoms with Gasteiger partial charge in [0.2, 0.25) is 0 Å². The summed E-state index contributed by atoms with van der Waals surface area (Å²) in [5.41, 5.74) is 9.81. The maximum Gasteiger partial charge on any atom is 0.0436 e. The first-order chi connectivity index (χ1) is 22.3. The van der Waals surface area contributed by atoms with E-state index in [-0.39, 0.29) is 35.1 Å². The number of anilines is 2. The van der Waals surface area contributed by atoms with Gasteiger partial charge < -0.3 is 9.55 Å². The molecule has 0 unspecified atom stereocenters. The first-order valence-corrected chi connectivity index (χ1v) is 16.3. The van der Waals surface area contributed by atoms with Gasteiger partial charge in [0.05, 0.1) is 0 Å². The molecule has 4 aromatic carbocycles. The largest absolute Gasteiger partial charge is 0.351 e. The molecule has 8 aromatic rings. The van der Waals surface area contributed by atoms with E-state index in [9.17, 15) is 0 Å². The van der Waals surface area contributed by atoms with E-state index in [1.54, 1.807) is 0 Å². The molecule has 0 saturated carbocycles. The zero-order valence-electron chi connectivity index (χ0n) is 24.4. The molecule has 7 heteroatoms. The normalized spacial score (nSPS) is 11.4. The van der Waals surface area contributed by atoms with Crippen LogP contribution in [0.2, 0.25) is 0 Å². The summed E-state index contributed by atoms with van der Waals surface area (Å²) in [6, 6.07) is 47.9. The molecule has 9 rings (SSSR count). The van der Waals surface area contributed by atoms with Crippen LogP contribution in [0, 0.1) is 12.1 Å². The Balaban J connectivity index is 0.000000147. The molecule has 0 spiro atoms. The third-order valence-corrected chi connectivity index (χ3v) is 10.2. The Morgan fingerprint density at radius 3 is 2.04 bits per heavy atom. The summed E-state index contributed by atoms with van der Waals surface area (Å²) in [5.74, 6) is 0. The van der Waals surface area contributed by atoms with Gasteiger partial charge in [0.15, 0.2) is 0 Å². The Kier molecular flexibility index (Phi) is 8.56. The van der Waals surface area contributed by atoms with Crippen molar-refractivity contribution in [2.24, 2.45) is 0 Å². The van der Waals surface area contributed by atoms with E-state index in [4.69, 9.17) is 0 Å². The van der Waals surface area contributed by atoms with Gasteiger partial charge in [-0.2, -0.15) is 0 Å². The van der Waals surface area contributed by atoms with Crippen LogP contribution in [0.15, 0.2) is 146 Å². The summed E-state index contributed by atoms with van der Waals surface area (Å²) in [7, 11) is 0. The van der Waals surface area contributed by atoms with Gasteiger partial charge in [0, 0.05) is 49.9 Å². The summed E-state index contributed by atoms with van der Waals surface area (Å²) in [5, 5.41) is 5.94. The van der Waals surface area contributed by atoms with E-state index in [0.717, 1.165) is 33.7 Å². The molecule has 0 saturated heterocycles. The number of para-hydroxylation sites is 2. The molecule has 5 heterocycles. The third kappa shape index (κ3) is 5.55. The zero-order valence-corrected chi connectivity index (χ0v) is 28.5. The summed E-state index contributed by atoms with van der Waals surface area (Å²) < 4.78 is 4.98. The second kappa shape index (κ2) is 13.2. The molecule has 4 aromatic heterocycles. The van der Waals surface area contributed by atoms with Crippen molar-refractivity contribution in [3.63, 3.8) is 0 Å². The SMILES string of the molecule is [Ir].[c-]1ccc2c(c1-c1ccccn1)[Se]c1ccccc1N2.[c-]1ccc2c3ccccc3n(-c3ccncc3)c2c1-c1ccccn1. The number of fused-ring (bicyclic) bond motifs is 5. The van der Waals surface area contributed by atoms with E-state index in [1.165, 1.54) is 36.6 Å². The quantitative estimate of drug-likeness (QED) is 0.150. The molecule has 5 nitrogen and oxygen atoms in total. The maximum absolute atomic E-state index is 4.55. The van der Waals surface area contributed by atoms with Gasteiger partial charge in [-0.05, 0) is 40.9 Å². The Labute approximate surface area is 286 Å². The zero-order chi connectivity index (χ0) is 30.0. The van der Waals surface area contributed by atoms with Crippen molar-refractivity contribution < 1.29 is 20.1 Å². The second-order valence-electron chi connectivity index (χ2n) is 10.4. The number of pyridine rings is 3. The molecule has 1 radical (unpaired) electrons. The first kappa shape index (κ1) is 29.8. The number of benzene rings is 4. The van der Waals surface area contributed by atoms with Gasteiger partial charge in [-0.1, -0.05) is 35.7 Å². The Bertz CT molecular complexity index is 2270. The fourth-order valence-electron chi connectivity index (χ4n) is 5.73. The number of hydrogen-bond donors (Lipinski definition) is 1. The van der Waals surface area contributed by atoms with Gasteiger partial charge in [-0.25, -0.2) is 0 Å². The molecule has 46 heavy (non-hydrogen) atoms. The van der Waals surface area contributed by atoms with E-state index < -0.39 is 0 Å². The van der Waals surface area contributed by atoms with Crippen LogP contribution in [0.4, 0.5) is 11.4 Å². The van der Waals surface area contributed by atoms with Crippen molar-refractivity contribution >= 4 is 57.1 Å². The van der Waals surface area contributed by atoms with Gasteiger partial charge in [-0.3, -0.25) is 4.98 Å². The fraction of sp³-hybridized carbons (Fsp3) is 0. The maximum atomic E-state index is 4.55. The van der Waals surface area contributed by atoms with Crippen LogP contribution in [-0.4, -0.2) is 34.5 Å². The molecule has 1 aliphatic heterocycles. The van der Waals surface area contributed by atoms with Crippen LogP contribution in [0.3, 0.4) is 0 Å². The van der Waals surface area contributed by atoms with Crippen molar-refractivity contribution in [2.45, 2.75) is 0 Å². The van der Waals surface area contributed by atoms with Crippen molar-refractivity contribution in [1.29, 1.82) is 0 Å². The third-order valence-electron chi connectivity index (χ3n) is 7.71. The Morgan fingerprint density at radius 2 is 1.26 bits per heavy atom. The number of nitrogens with zero attached hydrogens (tertiary/aromatic N) is 4. The number of rotatable bonds is 3. The molecule has 0 amide bonds. The van der Waals surface area contributed by atoms with Gasteiger partial charge in [-0.15, -0.1) is 23.8 Å². The summed E-state index contributed by atoms with van der Waals surface area (Å²) in [6.07, 6.45) is 7.30. The molecule has 0 atom stereocenters. The minimum atomic E-state index is 0. The average Bonchev–Trinajstić information content (AvgIpc) is 3.46. The Morgan fingerprint density at radius 1 is 0.587 bits per heavy atom. The second-order valence-corrected chi connectivity index (χ2v) is 12.6. The monoisotopic (exact) mass is 836 g/mol. The van der Waals surface area contributed by atoms with Crippen molar-refractivity contribution in [2.75, 3.05) is 5.32 Å². The van der Waals surface area contributed by atoms with Crippen LogP contribution in [0.25, 0.3) is 50.0 Å². The van der Waals surface area contributed by atoms with Crippen LogP contribution in [0.5, 0.6) is 0 Å². The average molecular weight is 835 g/mol. The minimum absolute atomic E-state index is 0. The van der Waals surface area contributed by atoms with Gasteiger partial charge in [0.1, 0.15) is 0 Å². The molecular formula is C39H25IrN5Se-2. The van der Waals surface area contributed by atoms with Crippen LogP contribution >= 0.6 is 0 Å². The predicted octanol–water partition coefficient (Wildman–Crippen LogP) is 7.30. The molecule has 0 bridgehead atoms. The van der Waals surface area contributed by atoms with Gasteiger partial charge in [0.25, 0.3) is 0 Å². The number of hydrogen-bond acceptors (Lipinski definition) is 4. The van der Waals surface area contributed by atoms with E-state index >= 15 is 0 Å². The van der Waals surface area contributed by atoms with E-state index in [1.807, 2.05) is 85.5 Å². The summed E-state index contributed by atoms with van der Waals surface area (Å²) in [6.45, 7) is 0. The minimum Gasteiger partial charge on any atom is -0.351 e. The van der Waals surface area contributed by atoms with Crippen LogP contribution < -0.4 is 14.2 Å². The van der Waals surface area contributed by atoms with Crippen molar-refractivity contribution in [3.8, 4) is 28.2 Å². The summed E-state index contributed by atoms with van der Waals surface area (Å²) in [4.78, 5) is 13.2. The van der Waals surface area contributed by atoms with E-state index in [0.29, 0.717) is 0 Å². The molecule has 0 aliphatic carbocycles. The molecule has 223 valence electrons. The predicted molar refractivity (Wildman–Crippen MR) is 184 cm³/mol. The molecule has 1 aliphatic rings. The first-order valence-electron chi connectivity index (χ1n) is 14.6.